The number of likely N-dealkylation sites (tertiary alicyclic amines) is 3. The van der Waals surface area contributed by atoms with E-state index in [1.807, 2.05) is 21.9 Å². The molecule has 0 unspecified atom stereocenters. The number of hydrogen-bond acceptors (Lipinski definition) is 3. The van der Waals surface area contributed by atoms with Gasteiger partial charge in [-0.05, 0) is 56.2 Å². The van der Waals surface area contributed by atoms with Crippen LogP contribution in [0.25, 0.3) is 0 Å². The Hall–Kier alpha value is -2.15. The summed E-state index contributed by atoms with van der Waals surface area (Å²) in [6.07, 6.45) is 5.61. The number of nitrogens with zero attached hydrogens (tertiary/aromatic N) is 3. The molecule has 3 aliphatic rings. The van der Waals surface area contributed by atoms with Crippen LogP contribution in [0.1, 0.15) is 44.1 Å². The molecule has 0 aliphatic carbocycles. The summed E-state index contributed by atoms with van der Waals surface area (Å²) in [4.78, 5) is 31.5. The molecule has 3 amide bonds. The van der Waals surface area contributed by atoms with Crippen LogP contribution in [0, 0.1) is 11.7 Å². The molecular formula is C23H33FN4O2. The molecule has 0 bridgehead atoms. The SMILES string of the molecule is O=C(NC1CCN(Cc2ccc(F)cc2)CC1)C1CCN(C(=O)N2CCCC2)CC1. The third-order valence-corrected chi connectivity index (χ3v) is 6.77. The zero-order valence-electron chi connectivity index (χ0n) is 17.7. The zero-order valence-corrected chi connectivity index (χ0v) is 17.7. The number of piperidine rings is 2. The molecule has 1 aromatic carbocycles. The molecular weight excluding hydrogens is 383 g/mol. The molecule has 3 fully saturated rings. The van der Waals surface area contributed by atoms with Gasteiger partial charge in [0.2, 0.25) is 5.91 Å². The molecule has 0 aromatic heterocycles. The lowest BCUT2D eigenvalue weighted by Crippen LogP contribution is -2.50. The van der Waals surface area contributed by atoms with Gasteiger partial charge < -0.3 is 15.1 Å². The summed E-state index contributed by atoms with van der Waals surface area (Å²) < 4.78 is 13.0. The van der Waals surface area contributed by atoms with E-state index in [1.54, 1.807) is 0 Å². The molecule has 1 aromatic rings. The summed E-state index contributed by atoms with van der Waals surface area (Å²) >= 11 is 0. The Morgan fingerprint density at radius 2 is 1.47 bits per heavy atom. The summed E-state index contributed by atoms with van der Waals surface area (Å²) in [5.74, 6) is -0.0310. The number of amides is 3. The predicted octanol–water partition coefficient (Wildman–Crippen LogP) is 2.83. The minimum Gasteiger partial charge on any atom is -0.353 e. The summed E-state index contributed by atoms with van der Waals surface area (Å²) in [6, 6.07) is 7.07. The maximum Gasteiger partial charge on any atom is 0.319 e. The second-order valence-corrected chi connectivity index (χ2v) is 8.92. The minimum atomic E-state index is -0.202. The Bertz CT molecular complexity index is 719. The Morgan fingerprint density at radius 3 is 2.10 bits per heavy atom. The highest BCUT2D eigenvalue weighted by atomic mass is 19.1. The Labute approximate surface area is 178 Å². The van der Waals surface area contributed by atoms with E-state index in [-0.39, 0.29) is 29.7 Å². The first-order valence-electron chi connectivity index (χ1n) is 11.4. The number of benzene rings is 1. The monoisotopic (exact) mass is 416 g/mol. The van der Waals surface area contributed by atoms with Gasteiger partial charge >= 0.3 is 6.03 Å². The van der Waals surface area contributed by atoms with Crippen LogP contribution in [0.3, 0.4) is 0 Å². The Kier molecular flexibility index (Phi) is 6.87. The molecule has 3 heterocycles. The molecule has 164 valence electrons. The summed E-state index contributed by atoms with van der Waals surface area (Å²) in [7, 11) is 0. The van der Waals surface area contributed by atoms with Crippen molar-refractivity contribution < 1.29 is 14.0 Å². The van der Waals surface area contributed by atoms with Gasteiger partial charge in [0.25, 0.3) is 0 Å². The smallest absolute Gasteiger partial charge is 0.319 e. The van der Waals surface area contributed by atoms with E-state index in [0.29, 0.717) is 13.1 Å². The van der Waals surface area contributed by atoms with Crippen molar-refractivity contribution in [2.75, 3.05) is 39.3 Å². The number of rotatable bonds is 4. The number of halogens is 1. The lowest BCUT2D eigenvalue weighted by atomic mass is 9.94. The van der Waals surface area contributed by atoms with Gasteiger partial charge in [-0.3, -0.25) is 9.69 Å². The molecule has 7 heteroatoms. The lowest BCUT2D eigenvalue weighted by molar-refractivity contribution is -0.127. The molecule has 0 saturated carbocycles. The number of urea groups is 1. The van der Waals surface area contributed by atoms with Crippen molar-refractivity contribution in [3.05, 3.63) is 35.6 Å². The molecule has 3 aliphatic heterocycles. The number of carbonyl (C=O) groups excluding carboxylic acids is 2. The van der Waals surface area contributed by atoms with Crippen molar-refractivity contribution in [3.8, 4) is 0 Å². The van der Waals surface area contributed by atoms with E-state index in [9.17, 15) is 14.0 Å². The maximum absolute atomic E-state index is 13.0. The van der Waals surface area contributed by atoms with E-state index in [2.05, 4.69) is 10.2 Å². The summed E-state index contributed by atoms with van der Waals surface area (Å²) in [5, 5.41) is 3.25. The van der Waals surface area contributed by atoms with Crippen LogP contribution in [-0.4, -0.2) is 71.9 Å². The Morgan fingerprint density at radius 1 is 0.867 bits per heavy atom. The van der Waals surface area contributed by atoms with Crippen LogP contribution in [0.15, 0.2) is 24.3 Å². The predicted molar refractivity (Wildman–Crippen MR) is 113 cm³/mol. The molecule has 1 N–H and O–H groups in total. The highest BCUT2D eigenvalue weighted by Crippen LogP contribution is 2.21. The first-order valence-corrected chi connectivity index (χ1v) is 11.4. The highest BCUT2D eigenvalue weighted by Gasteiger charge is 2.31. The van der Waals surface area contributed by atoms with E-state index in [0.717, 1.165) is 76.8 Å². The van der Waals surface area contributed by atoms with Crippen molar-refractivity contribution in [2.45, 2.75) is 51.1 Å². The van der Waals surface area contributed by atoms with E-state index in [1.165, 1.54) is 12.1 Å². The van der Waals surface area contributed by atoms with Crippen LogP contribution in [-0.2, 0) is 11.3 Å². The molecule has 0 spiro atoms. The van der Waals surface area contributed by atoms with Crippen LogP contribution in [0.2, 0.25) is 0 Å². The number of nitrogens with one attached hydrogen (secondary N) is 1. The van der Waals surface area contributed by atoms with Crippen molar-refractivity contribution in [1.29, 1.82) is 0 Å². The van der Waals surface area contributed by atoms with Gasteiger partial charge in [0.1, 0.15) is 5.82 Å². The highest BCUT2D eigenvalue weighted by molar-refractivity contribution is 5.80. The first kappa shape index (κ1) is 21.1. The topological polar surface area (TPSA) is 55.9 Å². The minimum absolute atomic E-state index is 0.0184. The van der Waals surface area contributed by atoms with Gasteiger partial charge in [-0.15, -0.1) is 0 Å². The third kappa shape index (κ3) is 5.31. The standard InChI is InChI=1S/C23H33FN4O2/c24-20-5-3-18(4-6-20)17-26-13-9-21(10-14-26)25-22(29)19-7-15-28(16-8-19)23(30)27-11-1-2-12-27/h3-6,19,21H,1-2,7-17H2,(H,25,29). The van der Waals surface area contributed by atoms with Crippen LogP contribution in [0.5, 0.6) is 0 Å². The molecule has 30 heavy (non-hydrogen) atoms. The van der Waals surface area contributed by atoms with Gasteiger partial charge in [-0.1, -0.05) is 12.1 Å². The Balaban J connectivity index is 1.16. The fraction of sp³-hybridized carbons (Fsp3) is 0.652. The first-order chi connectivity index (χ1) is 14.6. The summed E-state index contributed by atoms with van der Waals surface area (Å²) in [5.41, 5.74) is 1.12. The summed E-state index contributed by atoms with van der Waals surface area (Å²) in [6.45, 7) is 5.81. The van der Waals surface area contributed by atoms with Gasteiger partial charge in [0, 0.05) is 57.8 Å². The lowest BCUT2D eigenvalue weighted by Gasteiger charge is -2.36. The zero-order chi connectivity index (χ0) is 20.9. The second-order valence-electron chi connectivity index (χ2n) is 8.92. The third-order valence-electron chi connectivity index (χ3n) is 6.77. The van der Waals surface area contributed by atoms with E-state index in [4.69, 9.17) is 0 Å². The van der Waals surface area contributed by atoms with E-state index < -0.39 is 0 Å². The van der Waals surface area contributed by atoms with Crippen molar-refractivity contribution in [2.24, 2.45) is 5.92 Å². The van der Waals surface area contributed by atoms with Gasteiger partial charge in [0.05, 0.1) is 0 Å². The van der Waals surface area contributed by atoms with Gasteiger partial charge in [-0.2, -0.15) is 0 Å². The number of carbonyl (C=O) groups is 2. The largest absolute Gasteiger partial charge is 0.353 e. The van der Waals surface area contributed by atoms with E-state index >= 15 is 0 Å². The van der Waals surface area contributed by atoms with Gasteiger partial charge in [-0.25, -0.2) is 9.18 Å². The molecule has 0 atom stereocenters. The maximum atomic E-state index is 13.0. The van der Waals surface area contributed by atoms with Crippen molar-refractivity contribution in [1.82, 2.24) is 20.0 Å². The van der Waals surface area contributed by atoms with Crippen LogP contribution < -0.4 is 5.32 Å². The average Bonchev–Trinajstić information content (AvgIpc) is 3.31. The van der Waals surface area contributed by atoms with Gasteiger partial charge in [0.15, 0.2) is 0 Å². The second kappa shape index (κ2) is 9.77. The fourth-order valence-electron chi connectivity index (χ4n) is 4.84. The molecule has 6 nitrogen and oxygen atoms in total. The normalized spacial score (nSPS) is 21.8. The molecule has 0 radical (unpaired) electrons. The molecule has 4 rings (SSSR count). The van der Waals surface area contributed by atoms with Crippen LogP contribution >= 0.6 is 0 Å². The fourth-order valence-corrected chi connectivity index (χ4v) is 4.84. The van der Waals surface area contributed by atoms with Crippen molar-refractivity contribution >= 4 is 11.9 Å². The number of hydrogen-bond donors (Lipinski definition) is 1. The molecule has 3 saturated heterocycles. The van der Waals surface area contributed by atoms with Crippen molar-refractivity contribution in [3.63, 3.8) is 0 Å². The van der Waals surface area contributed by atoms with Crippen LogP contribution in [0.4, 0.5) is 9.18 Å². The average molecular weight is 417 g/mol. The quantitative estimate of drug-likeness (QED) is 0.821.